The molecule has 0 bridgehead atoms. The highest BCUT2D eigenvalue weighted by atomic mass is 16.5. The molecular formula is C16H20N2O. The number of rotatable bonds is 5. The first-order valence-electron chi connectivity index (χ1n) is 6.57. The zero-order chi connectivity index (χ0) is 13.7. The average molecular weight is 256 g/mol. The normalized spacial score (nSPS) is 12.2. The minimum absolute atomic E-state index is 0.155. The zero-order valence-electron chi connectivity index (χ0n) is 11.7. The molecule has 2 aromatic rings. The predicted octanol–water partition coefficient (Wildman–Crippen LogP) is 3.10. The van der Waals surface area contributed by atoms with Crippen LogP contribution in [0.1, 0.15) is 29.8 Å². The number of hydrogen-bond acceptors (Lipinski definition) is 3. The molecule has 1 atom stereocenters. The number of nitrogens with zero attached hydrogens (tertiary/aromatic N) is 1. The van der Waals surface area contributed by atoms with Crippen LogP contribution in [0.15, 0.2) is 42.6 Å². The van der Waals surface area contributed by atoms with Crippen LogP contribution in [0, 0.1) is 6.92 Å². The van der Waals surface area contributed by atoms with Gasteiger partial charge >= 0.3 is 0 Å². The van der Waals surface area contributed by atoms with Crippen molar-refractivity contribution < 1.29 is 4.74 Å². The van der Waals surface area contributed by atoms with Gasteiger partial charge in [-0.05, 0) is 56.3 Å². The minimum atomic E-state index is 0.155. The largest absolute Gasteiger partial charge is 0.494 e. The lowest BCUT2D eigenvalue weighted by atomic mass is 9.99. The van der Waals surface area contributed by atoms with Crippen LogP contribution in [0.2, 0.25) is 0 Å². The van der Waals surface area contributed by atoms with Crippen molar-refractivity contribution in [1.29, 1.82) is 0 Å². The molecule has 0 aliphatic carbocycles. The lowest BCUT2D eigenvalue weighted by Gasteiger charge is -2.18. The van der Waals surface area contributed by atoms with Crippen molar-refractivity contribution in [3.8, 4) is 5.75 Å². The van der Waals surface area contributed by atoms with Gasteiger partial charge in [-0.1, -0.05) is 12.1 Å². The van der Waals surface area contributed by atoms with E-state index in [-0.39, 0.29) is 6.04 Å². The summed E-state index contributed by atoms with van der Waals surface area (Å²) in [5.41, 5.74) is 3.43. The molecule has 0 aliphatic rings. The highest BCUT2D eigenvalue weighted by Gasteiger charge is 2.12. The molecule has 0 fully saturated rings. The van der Waals surface area contributed by atoms with Crippen LogP contribution in [-0.4, -0.2) is 18.6 Å². The predicted molar refractivity (Wildman–Crippen MR) is 77.5 cm³/mol. The molecule has 3 heteroatoms. The Bertz CT molecular complexity index is 540. The van der Waals surface area contributed by atoms with Crippen LogP contribution in [0.5, 0.6) is 5.75 Å². The Hall–Kier alpha value is -1.87. The Morgan fingerprint density at radius 2 is 2.00 bits per heavy atom. The first kappa shape index (κ1) is 13.6. The van der Waals surface area contributed by atoms with E-state index >= 15 is 0 Å². The van der Waals surface area contributed by atoms with Crippen LogP contribution in [0.4, 0.5) is 0 Å². The van der Waals surface area contributed by atoms with Crippen molar-refractivity contribution in [3.63, 3.8) is 0 Å². The van der Waals surface area contributed by atoms with Crippen LogP contribution < -0.4 is 10.1 Å². The van der Waals surface area contributed by atoms with Gasteiger partial charge in [0, 0.05) is 11.9 Å². The van der Waals surface area contributed by atoms with Crippen molar-refractivity contribution in [1.82, 2.24) is 10.3 Å². The molecule has 3 nitrogen and oxygen atoms in total. The molecule has 100 valence electrons. The number of hydrogen-bond donors (Lipinski definition) is 1. The second-order valence-electron chi connectivity index (χ2n) is 4.46. The maximum Gasteiger partial charge on any atom is 0.119 e. The number of ether oxygens (including phenoxy) is 1. The van der Waals surface area contributed by atoms with E-state index in [1.165, 1.54) is 11.1 Å². The molecule has 0 spiro atoms. The maximum atomic E-state index is 5.56. The van der Waals surface area contributed by atoms with Crippen LogP contribution in [0.25, 0.3) is 0 Å². The number of nitrogens with one attached hydrogen (secondary N) is 1. The molecule has 1 aromatic carbocycles. The van der Waals surface area contributed by atoms with E-state index in [0.717, 1.165) is 11.4 Å². The van der Waals surface area contributed by atoms with Gasteiger partial charge in [0.25, 0.3) is 0 Å². The fourth-order valence-corrected chi connectivity index (χ4v) is 2.22. The monoisotopic (exact) mass is 256 g/mol. The summed E-state index contributed by atoms with van der Waals surface area (Å²) in [6, 6.07) is 12.5. The number of aryl methyl sites for hydroxylation is 1. The van der Waals surface area contributed by atoms with Crippen LogP contribution in [-0.2, 0) is 0 Å². The summed E-state index contributed by atoms with van der Waals surface area (Å²) >= 11 is 0. The van der Waals surface area contributed by atoms with Gasteiger partial charge < -0.3 is 10.1 Å². The number of pyridine rings is 1. The van der Waals surface area contributed by atoms with Crippen molar-refractivity contribution in [2.24, 2.45) is 0 Å². The Labute approximate surface area is 114 Å². The molecule has 1 N–H and O–H groups in total. The molecule has 1 unspecified atom stereocenters. The quantitative estimate of drug-likeness (QED) is 0.892. The molecule has 1 heterocycles. The Kier molecular flexibility index (Phi) is 4.53. The van der Waals surface area contributed by atoms with Gasteiger partial charge in [-0.15, -0.1) is 0 Å². The third kappa shape index (κ3) is 3.32. The second-order valence-corrected chi connectivity index (χ2v) is 4.46. The smallest absolute Gasteiger partial charge is 0.119 e. The van der Waals surface area contributed by atoms with Gasteiger partial charge in [0.05, 0.1) is 12.6 Å². The lowest BCUT2D eigenvalue weighted by molar-refractivity contribution is 0.339. The fourth-order valence-electron chi connectivity index (χ4n) is 2.22. The Balaban J connectivity index is 2.33. The summed E-state index contributed by atoms with van der Waals surface area (Å²) < 4.78 is 5.56. The van der Waals surface area contributed by atoms with Gasteiger partial charge in [0.1, 0.15) is 5.75 Å². The third-order valence-electron chi connectivity index (χ3n) is 3.05. The molecule has 0 saturated carbocycles. The Morgan fingerprint density at radius 3 is 2.68 bits per heavy atom. The molecule has 0 saturated heterocycles. The van der Waals surface area contributed by atoms with E-state index in [2.05, 4.69) is 28.5 Å². The van der Waals surface area contributed by atoms with E-state index in [9.17, 15) is 0 Å². The first-order chi connectivity index (χ1) is 9.24. The molecule has 0 radical (unpaired) electrons. The minimum Gasteiger partial charge on any atom is -0.494 e. The highest BCUT2D eigenvalue weighted by molar-refractivity contribution is 5.36. The molecular weight excluding hydrogens is 236 g/mol. The SMILES string of the molecule is CCOc1cccc(C(NC)c2ccnc(C)c2)c1. The van der Waals surface area contributed by atoms with Crippen molar-refractivity contribution in [2.75, 3.05) is 13.7 Å². The van der Waals surface area contributed by atoms with Gasteiger partial charge in [0.2, 0.25) is 0 Å². The summed E-state index contributed by atoms with van der Waals surface area (Å²) in [4.78, 5) is 4.24. The van der Waals surface area contributed by atoms with E-state index in [1.807, 2.05) is 45.3 Å². The first-order valence-corrected chi connectivity index (χ1v) is 6.57. The van der Waals surface area contributed by atoms with Crippen LogP contribution in [0.3, 0.4) is 0 Å². The summed E-state index contributed by atoms with van der Waals surface area (Å²) in [6.07, 6.45) is 1.85. The molecule has 0 amide bonds. The standard InChI is InChI=1S/C16H20N2O/c1-4-19-15-7-5-6-13(11-15)16(17-3)14-8-9-18-12(2)10-14/h5-11,16-17H,4H2,1-3H3. The number of aromatic nitrogens is 1. The molecule has 0 aliphatic heterocycles. The fraction of sp³-hybridized carbons (Fsp3) is 0.312. The van der Waals surface area contributed by atoms with Crippen molar-refractivity contribution >= 4 is 0 Å². The van der Waals surface area contributed by atoms with E-state index in [0.29, 0.717) is 6.61 Å². The van der Waals surface area contributed by atoms with E-state index in [1.54, 1.807) is 0 Å². The van der Waals surface area contributed by atoms with E-state index < -0.39 is 0 Å². The van der Waals surface area contributed by atoms with Gasteiger partial charge in [-0.3, -0.25) is 4.98 Å². The molecule has 1 aromatic heterocycles. The van der Waals surface area contributed by atoms with Crippen molar-refractivity contribution in [3.05, 3.63) is 59.4 Å². The maximum absolute atomic E-state index is 5.56. The zero-order valence-corrected chi connectivity index (χ0v) is 11.7. The average Bonchev–Trinajstić information content (AvgIpc) is 2.41. The highest BCUT2D eigenvalue weighted by Crippen LogP contribution is 2.25. The summed E-state index contributed by atoms with van der Waals surface area (Å²) in [6.45, 7) is 4.68. The van der Waals surface area contributed by atoms with Gasteiger partial charge in [-0.25, -0.2) is 0 Å². The summed E-state index contributed by atoms with van der Waals surface area (Å²) in [5.74, 6) is 0.908. The summed E-state index contributed by atoms with van der Waals surface area (Å²) in [7, 11) is 1.97. The molecule has 19 heavy (non-hydrogen) atoms. The van der Waals surface area contributed by atoms with E-state index in [4.69, 9.17) is 4.74 Å². The number of benzene rings is 1. The molecule has 2 rings (SSSR count). The third-order valence-corrected chi connectivity index (χ3v) is 3.05. The topological polar surface area (TPSA) is 34.1 Å². The van der Waals surface area contributed by atoms with Gasteiger partial charge in [-0.2, -0.15) is 0 Å². The van der Waals surface area contributed by atoms with Gasteiger partial charge in [0.15, 0.2) is 0 Å². The lowest BCUT2D eigenvalue weighted by Crippen LogP contribution is -2.18. The summed E-state index contributed by atoms with van der Waals surface area (Å²) in [5, 5.41) is 3.35. The second kappa shape index (κ2) is 6.34. The van der Waals surface area contributed by atoms with Crippen LogP contribution >= 0.6 is 0 Å². The Morgan fingerprint density at radius 1 is 1.21 bits per heavy atom. The van der Waals surface area contributed by atoms with Crippen molar-refractivity contribution in [2.45, 2.75) is 19.9 Å².